The van der Waals surface area contributed by atoms with Crippen molar-refractivity contribution in [1.29, 1.82) is 0 Å². The summed E-state index contributed by atoms with van der Waals surface area (Å²) in [4.78, 5) is 24.3. The normalized spacial score (nSPS) is 18.8. The van der Waals surface area contributed by atoms with Crippen LogP contribution in [0.1, 0.15) is 25.3 Å². The first-order chi connectivity index (χ1) is 14.8. The van der Waals surface area contributed by atoms with Gasteiger partial charge in [0.05, 0.1) is 10.7 Å². The molecule has 164 valence electrons. The number of aryl methyl sites for hydroxylation is 1. The Balaban J connectivity index is 1.60. The summed E-state index contributed by atoms with van der Waals surface area (Å²) in [5, 5.41) is 5.37. The molecule has 4 rings (SSSR count). The number of fused-ring (bicyclic) bond motifs is 1. The highest BCUT2D eigenvalue weighted by atomic mass is 35.5. The minimum Gasteiger partial charge on any atom is -0.482 e. The van der Waals surface area contributed by atoms with Gasteiger partial charge in [0.25, 0.3) is 5.91 Å². The van der Waals surface area contributed by atoms with Crippen molar-refractivity contribution in [1.82, 2.24) is 4.31 Å². The zero-order chi connectivity index (χ0) is 22.2. The maximum atomic E-state index is 13.4. The summed E-state index contributed by atoms with van der Waals surface area (Å²) in [5.74, 6) is -0.506. The van der Waals surface area contributed by atoms with Gasteiger partial charge in [-0.1, -0.05) is 30.7 Å². The van der Waals surface area contributed by atoms with Gasteiger partial charge in [-0.2, -0.15) is 4.31 Å². The third-order valence-corrected chi connectivity index (χ3v) is 7.74. The summed E-state index contributed by atoms with van der Waals surface area (Å²) in [5.41, 5.74) is 2.01. The van der Waals surface area contributed by atoms with Gasteiger partial charge in [-0.25, -0.2) is 8.42 Å². The Morgan fingerprint density at radius 3 is 2.90 bits per heavy atom. The average Bonchev–Trinajstić information content (AvgIpc) is 3.24. The smallest absolute Gasteiger partial charge is 0.262 e. The molecule has 10 heteroatoms. The van der Waals surface area contributed by atoms with E-state index in [4.69, 9.17) is 16.3 Å². The lowest BCUT2D eigenvalue weighted by Crippen LogP contribution is -2.43. The third-order valence-electron chi connectivity index (χ3n) is 5.36. The van der Waals surface area contributed by atoms with Crippen molar-refractivity contribution in [3.05, 3.63) is 47.0 Å². The molecule has 1 saturated heterocycles. The van der Waals surface area contributed by atoms with Crippen LogP contribution in [0.4, 0.5) is 11.4 Å². The fourth-order valence-corrected chi connectivity index (χ4v) is 5.97. The molecule has 2 N–H and O–H groups in total. The van der Waals surface area contributed by atoms with Crippen LogP contribution in [0.3, 0.4) is 0 Å². The lowest BCUT2D eigenvalue weighted by molar-refractivity contribution is -0.119. The zero-order valence-corrected chi connectivity index (χ0v) is 18.4. The van der Waals surface area contributed by atoms with E-state index in [1.165, 1.54) is 16.4 Å². The van der Waals surface area contributed by atoms with E-state index in [0.29, 0.717) is 24.2 Å². The number of ether oxygens (including phenoxy) is 1. The van der Waals surface area contributed by atoms with Gasteiger partial charge < -0.3 is 15.4 Å². The molecule has 2 aromatic carbocycles. The lowest BCUT2D eigenvalue weighted by atomic mass is 10.1. The third kappa shape index (κ3) is 4.26. The van der Waals surface area contributed by atoms with Gasteiger partial charge in [-0.05, 0) is 43.0 Å². The molecular formula is C21H22ClN3O5S. The number of carbonyl (C=O) groups is 2. The first kappa shape index (κ1) is 21.6. The molecule has 2 aromatic rings. The molecule has 8 nitrogen and oxygen atoms in total. The van der Waals surface area contributed by atoms with Crippen LogP contribution < -0.4 is 15.4 Å². The zero-order valence-electron chi connectivity index (χ0n) is 16.9. The molecular weight excluding hydrogens is 442 g/mol. The van der Waals surface area contributed by atoms with Gasteiger partial charge in [0, 0.05) is 18.3 Å². The molecule has 2 amide bonds. The monoisotopic (exact) mass is 463 g/mol. The van der Waals surface area contributed by atoms with Crippen molar-refractivity contribution in [3.8, 4) is 5.75 Å². The molecule has 2 aliphatic rings. The van der Waals surface area contributed by atoms with Crippen molar-refractivity contribution in [2.24, 2.45) is 0 Å². The minimum atomic E-state index is -4.07. The molecule has 2 heterocycles. The van der Waals surface area contributed by atoms with Crippen molar-refractivity contribution >= 4 is 44.8 Å². The number of anilines is 2. The fourth-order valence-electron chi connectivity index (χ4n) is 3.79. The molecule has 0 spiro atoms. The minimum absolute atomic E-state index is 0.0498. The van der Waals surface area contributed by atoms with E-state index in [9.17, 15) is 18.0 Å². The van der Waals surface area contributed by atoms with Gasteiger partial charge >= 0.3 is 0 Å². The fraction of sp³-hybridized carbons (Fsp3) is 0.333. The maximum Gasteiger partial charge on any atom is 0.262 e. The van der Waals surface area contributed by atoms with Crippen molar-refractivity contribution in [2.45, 2.75) is 37.1 Å². The molecule has 0 aromatic heterocycles. The van der Waals surface area contributed by atoms with Gasteiger partial charge in [0.15, 0.2) is 6.61 Å². The SMILES string of the molecule is CCc1cccc(NC(=O)[C@H]2CCCN2S(=O)(=O)c2cc3c(cc2Cl)NC(=O)CO3)c1. The second kappa shape index (κ2) is 8.49. The second-order valence-electron chi connectivity index (χ2n) is 7.43. The topological polar surface area (TPSA) is 105 Å². The van der Waals surface area contributed by atoms with Gasteiger partial charge in [-0.3, -0.25) is 9.59 Å². The number of sulfonamides is 1. The highest BCUT2D eigenvalue weighted by Gasteiger charge is 2.41. The molecule has 31 heavy (non-hydrogen) atoms. The highest BCUT2D eigenvalue weighted by molar-refractivity contribution is 7.89. The summed E-state index contributed by atoms with van der Waals surface area (Å²) in [7, 11) is -4.07. The number of amides is 2. The van der Waals surface area contributed by atoms with Crippen LogP contribution >= 0.6 is 11.6 Å². The van der Waals surface area contributed by atoms with E-state index < -0.39 is 16.1 Å². The first-order valence-corrected chi connectivity index (χ1v) is 11.8. The van der Waals surface area contributed by atoms with Crippen molar-refractivity contribution in [2.75, 3.05) is 23.8 Å². The molecule has 0 bridgehead atoms. The van der Waals surface area contributed by atoms with Crippen molar-refractivity contribution < 1.29 is 22.7 Å². The Bertz CT molecular complexity index is 1150. The number of hydrogen-bond acceptors (Lipinski definition) is 5. The van der Waals surface area contributed by atoms with Crippen LogP contribution in [-0.4, -0.2) is 43.7 Å². The van der Waals surface area contributed by atoms with Crippen LogP contribution in [0, 0.1) is 0 Å². The Kier molecular flexibility index (Phi) is 5.92. The van der Waals surface area contributed by atoms with Crippen LogP contribution in [-0.2, 0) is 26.0 Å². The van der Waals surface area contributed by atoms with E-state index in [2.05, 4.69) is 10.6 Å². The molecule has 1 atom stereocenters. The summed E-state index contributed by atoms with van der Waals surface area (Å²) in [6.07, 6.45) is 1.79. The molecule has 1 fully saturated rings. The van der Waals surface area contributed by atoms with Gasteiger partial charge in [-0.15, -0.1) is 0 Å². The Morgan fingerprint density at radius 2 is 2.13 bits per heavy atom. The number of halogens is 1. The standard InChI is InChI=1S/C21H22ClN3O5S/c1-2-13-5-3-6-14(9-13)23-21(27)17-7-4-8-25(17)31(28,29)19-11-18-16(10-15(19)22)24-20(26)12-30-18/h3,5-6,9-11,17H,2,4,7-8,12H2,1H3,(H,23,27)(H,24,26)/t17-/m1/s1. The number of benzene rings is 2. The summed E-state index contributed by atoms with van der Waals surface area (Å²) in [6, 6.07) is 9.26. The second-order valence-corrected chi connectivity index (χ2v) is 9.70. The molecule has 2 aliphatic heterocycles. The van der Waals surface area contributed by atoms with Gasteiger partial charge in [0.1, 0.15) is 16.7 Å². The van der Waals surface area contributed by atoms with Crippen LogP contribution in [0.25, 0.3) is 0 Å². The van der Waals surface area contributed by atoms with E-state index >= 15 is 0 Å². The largest absolute Gasteiger partial charge is 0.482 e. The molecule has 0 saturated carbocycles. The van der Waals surface area contributed by atoms with Gasteiger partial charge in [0.2, 0.25) is 15.9 Å². The van der Waals surface area contributed by atoms with E-state index in [1.54, 1.807) is 6.07 Å². The quantitative estimate of drug-likeness (QED) is 0.709. The Labute approximate surface area is 185 Å². The van der Waals surface area contributed by atoms with E-state index in [-0.39, 0.29) is 40.6 Å². The maximum absolute atomic E-state index is 13.4. The number of rotatable bonds is 5. The average molecular weight is 464 g/mol. The van der Waals surface area contributed by atoms with Crippen LogP contribution in [0.5, 0.6) is 5.75 Å². The molecule has 0 aliphatic carbocycles. The Hall–Kier alpha value is -2.62. The molecule has 0 unspecified atom stereocenters. The Morgan fingerprint density at radius 1 is 1.32 bits per heavy atom. The van der Waals surface area contributed by atoms with E-state index in [1.807, 2.05) is 25.1 Å². The summed E-state index contributed by atoms with van der Waals surface area (Å²) in [6.45, 7) is 2.02. The highest BCUT2D eigenvalue weighted by Crippen LogP contribution is 2.38. The summed E-state index contributed by atoms with van der Waals surface area (Å²) >= 11 is 6.25. The predicted octanol–water partition coefficient (Wildman–Crippen LogP) is 3.03. The van der Waals surface area contributed by atoms with Crippen LogP contribution in [0.2, 0.25) is 5.02 Å². The predicted molar refractivity (Wildman–Crippen MR) is 117 cm³/mol. The molecule has 0 radical (unpaired) electrons. The number of carbonyl (C=O) groups excluding carboxylic acids is 2. The number of nitrogens with zero attached hydrogens (tertiary/aromatic N) is 1. The van der Waals surface area contributed by atoms with Crippen molar-refractivity contribution in [3.63, 3.8) is 0 Å². The van der Waals surface area contributed by atoms with Crippen LogP contribution in [0.15, 0.2) is 41.3 Å². The number of hydrogen-bond donors (Lipinski definition) is 2. The number of nitrogens with one attached hydrogen (secondary N) is 2. The summed E-state index contributed by atoms with van der Waals surface area (Å²) < 4.78 is 33.3. The van der Waals surface area contributed by atoms with E-state index in [0.717, 1.165) is 12.0 Å². The lowest BCUT2D eigenvalue weighted by Gasteiger charge is -2.25. The first-order valence-electron chi connectivity index (χ1n) is 9.97.